The Labute approximate surface area is 304 Å². The van der Waals surface area contributed by atoms with Gasteiger partial charge in [0.05, 0.1) is 24.4 Å². The van der Waals surface area contributed by atoms with E-state index in [1.165, 1.54) is 14.2 Å². The molecule has 3 saturated carbocycles. The normalized spacial score (nSPS) is 26.0. The Morgan fingerprint density at radius 3 is 2.10 bits per heavy atom. The van der Waals surface area contributed by atoms with Gasteiger partial charge in [-0.3, -0.25) is 24.0 Å². The molecule has 0 aromatic heterocycles. The van der Waals surface area contributed by atoms with Crippen LogP contribution in [0.2, 0.25) is 0 Å². The molecule has 15 heteroatoms. The van der Waals surface area contributed by atoms with Crippen LogP contribution in [0.4, 0.5) is 4.79 Å². The number of hydroxylamine groups is 1. The van der Waals surface area contributed by atoms with Gasteiger partial charge in [0.25, 0.3) is 5.91 Å². The molecule has 0 bridgehead atoms. The van der Waals surface area contributed by atoms with Gasteiger partial charge in [0.1, 0.15) is 12.1 Å². The van der Waals surface area contributed by atoms with E-state index in [2.05, 4.69) is 35.1 Å². The van der Waals surface area contributed by atoms with Crippen LogP contribution in [0, 0.1) is 22.7 Å². The van der Waals surface area contributed by atoms with Gasteiger partial charge in [-0.05, 0) is 61.7 Å². The minimum absolute atomic E-state index is 0.0625. The molecular weight excluding hydrogens is 676 g/mol. The van der Waals surface area contributed by atoms with Gasteiger partial charge in [0.2, 0.25) is 27.6 Å². The Kier molecular flexibility index (Phi) is 13.2. The Hall–Kier alpha value is -2.78. The summed E-state index contributed by atoms with van der Waals surface area (Å²) in [6, 6.07) is -3.48. The molecule has 0 aromatic carbocycles. The monoisotopic (exact) mass is 738 g/mol. The molecule has 51 heavy (non-hydrogen) atoms. The van der Waals surface area contributed by atoms with Crippen molar-refractivity contribution >= 4 is 39.6 Å². The number of amides is 5. The van der Waals surface area contributed by atoms with Gasteiger partial charge in [0.15, 0.2) is 0 Å². The van der Waals surface area contributed by atoms with Crippen molar-refractivity contribution in [1.82, 2.24) is 30.6 Å². The maximum absolute atomic E-state index is 14.8. The molecule has 4 rings (SSSR count). The summed E-state index contributed by atoms with van der Waals surface area (Å²) in [7, 11) is -1.27. The molecule has 5 amide bonds. The van der Waals surface area contributed by atoms with Crippen LogP contribution in [0.1, 0.15) is 118 Å². The number of piperidine rings is 1. The Balaban J connectivity index is 1.61. The van der Waals surface area contributed by atoms with Gasteiger partial charge in [0, 0.05) is 20.1 Å². The molecule has 1 heterocycles. The van der Waals surface area contributed by atoms with E-state index < -0.39 is 62.7 Å². The molecule has 290 valence electrons. The predicted molar refractivity (Wildman–Crippen MR) is 192 cm³/mol. The lowest BCUT2D eigenvalue weighted by Crippen LogP contribution is -2.65. The molecule has 0 aromatic rings. The maximum atomic E-state index is 14.8. The van der Waals surface area contributed by atoms with Gasteiger partial charge >= 0.3 is 6.03 Å². The fourth-order valence-electron chi connectivity index (χ4n) is 9.00. The molecule has 0 spiro atoms. The summed E-state index contributed by atoms with van der Waals surface area (Å²) >= 11 is 0. The number of nitrogens with one attached hydrogen (secondary N) is 4. The van der Waals surface area contributed by atoms with E-state index in [1.54, 1.807) is 11.8 Å². The number of urea groups is 1. The average molecular weight is 739 g/mol. The second-order valence-corrected chi connectivity index (χ2v) is 18.2. The summed E-state index contributed by atoms with van der Waals surface area (Å²) in [4.78, 5) is 75.3. The van der Waals surface area contributed by atoms with Crippen molar-refractivity contribution < 1.29 is 37.2 Å². The highest BCUT2D eigenvalue weighted by Crippen LogP contribution is 2.65. The number of hydrogen-bond acceptors (Lipinski definition) is 8. The highest BCUT2D eigenvalue weighted by atomic mass is 32.2. The van der Waals surface area contributed by atoms with Crippen molar-refractivity contribution in [3.8, 4) is 0 Å². The summed E-state index contributed by atoms with van der Waals surface area (Å²) < 4.78 is 27.1. The van der Waals surface area contributed by atoms with Crippen LogP contribution in [-0.2, 0) is 34.0 Å². The van der Waals surface area contributed by atoms with Crippen LogP contribution >= 0.6 is 0 Å². The van der Waals surface area contributed by atoms with Gasteiger partial charge < -0.3 is 26.2 Å². The number of fused-ring (bicyclic) bond motifs is 1. The first kappa shape index (κ1) is 41.0. The number of likely N-dealkylation sites (tertiary alicyclic amines) is 1. The quantitative estimate of drug-likeness (QED) is 0.138. The molecule has 1 aliphatic heterocycles. The van der Waals surface area contributed by atoms with Crippen molar-refractivity contribution in [2.45, 2.75) is 142 Å². The second-order valence-electron chi connectivity index (χ2n) is 16.3. The topological polar surface area (TPSA) is 183 Å². The molecule has 4 aliphatic rings. The number of carbonyl (C=O) groups is 5. The van der Waals surface area contributed by atoms with Crippen LogP contribution < -0.4 is 21.3 Å². The summed E-state index contributed by atoms with van der Waals surface area (Å²) in [5, 5.41) is 11.4. The van der Waals surface area contributed by atoms with Crippen molar-refractivity contribution in [1.29, 1.82) is 0 Å². The first-order valence-corrected chi connectivity index (χ1v) is 20.6. The van der Waals surface area contributed by atoms with Gasteiger partial charge in [-0.2, -0.15) is 0 Å². The van der Waals surface area contributed by atoms with E-state index in [4.69, 9.17) is 4.84 Å². The maximum Gasteiger partial charge on any atom is 0.315 e. The van der Waals surface area contributed by atoms with E-state index in [-0.39, 0.29) is 35.5 Å². The number of hydrogen-bond donors (Lipinski definition) is 4. The molecular formula is C36H62N6O8S. The van der Waals surface area contributed by atoms with E-state index >= 15 is 0 Å². The molecule has 14 nitrogen and oxygen atoms in total. The van der Waals surface area contributed by atoms with Crippen LogP contribution in [-0.4, -0.2) is 104 Å². The van der Waals surface area contributed by atoms with Crippen molar-refractivity contribution in [3.05, 3.63) is 0 Å². The number of sulfonamides is 1. The van der Waals surface area contributed by atoms with E-state index in [0.29, 0.717) is 45.1 Å². The Bertz CT molecular complexity index is 1410. The number of likely N-dealkylation sites (N-methyl/N-ethyl adjacent to an activating group) is 1. The first-order chi connectivity index (χ1) is 24.0. The SMILES string of the molecule is CCCC[C@H](NC(=O)[C@@H]1[C@@H]2[C@H](CN1C(=O)[C@@H](NC(=O)NC1(CS(=O)(=O)N(C)OC)CCCCC1)C1(C)CCCCC1)C2(C)C)C(=O)C(=O)NCC. The number of unbranched alkanes of at least 4 members (excludes halogenated alkanes) is 1. The van der Waals surface area contributed by atoms with E-state index in [1.807, 2.05) is 13.8 Å². The predicted octanol–water partition coefficient (Wildman–Crippen LogP) is 3.01. The molecule has 0 unspecified atom stereocenters. The second kappa shape index (κ2) is 16.5. The summed E-state index contributed by atoms with van der Waals surface area (Å²) in [6.45, 7) is 10.4. The van der Waals surface area contributed by atoms with Gasteiger partial charge in [-0.25, -0.2) is 13.2 Å². The van der Waals surface area contributed by atoms with Crippen molar-refractivity contribution in [3.63, 3.8) is 0 Å². The van der Waals surface area contributed by atoms with E-state index in [0.717, 1.165) is 49.4 Å². The molecule has 0 radical (unpaired) electrons. The van der Waals surface area contributed by atoms with Crippen LogP contribution in [0.25, 0.3) is 0 Å². The smallest absolute Gasteiger partial charge is 0.315 e. The fourth-order valence-corrected chi connectivity index (χ4v) is 10.5. The lowest BCUT2D eigenvalue weighted by molar-refractivity contribution is -0.146. The highest BCUT2D eigenvalue weighted by Gasteiger charge is 2.70. The summed E-state index contributed by atoms with van der Waals surface area (Å²) in [5.74, 6) is -2.70. The van der Waals surface area contributed by atoms with Crippen LogP contribution in [0.5, 0.6) is 0 Å². The third-order valence-corrected chi connectivity index (χ3v) is 14.2. The molecule has 4 N–H and O–H groups in total. The van der Waals surface area contributed by atoms with Crippen LogP contribution in [0.15, 0.2) is 0 Å². The zero-order chi connectivity index (χ0) is 37.8. The van der Waals surface area contributed by atoms with E-state index in [9.17, 15) is 32.4 Å². The zero-order valence-electron chi connectivity index (χ0n) is 31.8. The lowest BCUT2D eigenvalue weighted by atomic mass is 9.70. The summed E-state index contributed by atoms with van der Waals surface area (Å²) in [6.07, 6.45) is 9.24. The lowest BCUT2D eigenvalue weighted by Gasteiger charge is -2.44. The number of nitrogens with zero attached hydrogens (tertiary/aromatic N) is 2. The largest absolute Gasteiger partial charge is 0.350 e. The number of rotatable bonds is 16. The summed E-state index contributed by atoms with van der Waals surface area (Å²) in [5.41, 5.74) is -1.85. The van der Waals surface area contributed by atoms with Crippen LogP contribution in [0.3, 0.4) is 0 Å². The Morgan fingerprint density at radius 1 is 0.922 bits per heavy atom. The van der Waals surface area contributed by atoms with Crippen molar-refractivity contribution in [2.75, 3.05) is 33.0 Å². The molecule has 3 aliphatic carbocycles. The number of ketones is 1. The highest BCUT2D eigenvalue weighted by molar-refractivity contribution is 7.89. The number of carbonyl (C=O) groups excluding carboxylic acids is 5. The average Bonchev–Trinajstić information content (AvgIpc) is 3.38. The first-order valence-electron chi connectivity index (χ1n) is 19.0. The third-order valence-electron chi connectivity index (χ3n) is 12.3. The van der Waals surface area contributed by atoms with Gasteiger partial charge in [-0.1, -0.05) is 83.5 Å². The fraction of sp³-hybridized carbons (Fsp3) is 0.861. The Morgan fingerprint density at radius 2 is 1.53 bits per heavy atom. The van der Waals surface area contributed by atoms with Gasteiger partial charge in [-0.15, -0.1) is 0 Å². The molecule has 5 atom stereocenters. The molecule has 4 fully saturated rings. The standard InChI is InChI=1S/C36H62N6O8S/c1-8-10-17-25(28(43)31(45)37-9-2)38-30(44)27-26-24(34(26,3)4)22-42(27)32(46)29(35(5)18-13-11-14-19-35)39-33(47)40-36(20-15-12-16-21-36)23-51(48,49)41(6)50-7/h24-27,29H,8-23H2,1-7H3,(H,37,45)(H,38,44)(H2,39,40,47)/t24-,25-,26-,27-,29+/m0/s1. The molecule has 1 saturated heterocycles. The minimum Gasteiger partial charge on any atom is -0.350 e. The minimum atomic E-state index is -3.86. The third kappa shape index (κ3) is 9.06. The van der Waals surface area contributed by atoms with Crippen molar-refractivity contribution in [2.24, 2.45) is 22.7 Å². The zero-order valence-corrected chi connectivity index (χ0v) is 32.6. The number of Topliss-reactive ketones (excluding diaryl/α,β-unsaturated/α-hetero) is 1.